The Hall–Kier alpha value is -0.750. The molecule has 5 aliphatic rings. The van der Waals surface area contributed by atoms with Crippen LogP contribution in [0.1, 0.15) is 51.4 Å². The molecule has 22 heavy (non-hydrogen) atoms. The van der Waals surface area contributed by atoms with Crippen molar-refractivity contribution < 1.29 is 14.3 Å². The van der Waals surface area contributed by atoms with Crippen LogP contribution in [0.4, 0.5) is 4.79 Å². The van der Waals surface area contributed by atoms with Crippen LogP contribution >= 0.6 is 12.8 Å². The van der Waals surface area contributed by atoms with E-state index < -0.39 is 12.1 Å². The molecule has 1 saturated heterocycles. The second-order valence-electron chi connectivity index (χ2n) is 7.79. The van der Waals surface area contributed by atoms with Gasteiger partial charge in [-0.05, 0) is 75.7 Å². The van der Waals surface area contributed by atoms with Gasteiger partial charge < -0.3 is 10.1 Å². The predicted octanol–water partition coefficient (Wildman–Crippen LogP) is 2.52. The quantitative estimate of drug-likeness (QED) is 0.465. The van der Waals surface area contributed by atoms with Crippen molar-refractivity contribution in [3.8, 4) is 0 Å². The summed E-state index contributed by atoms with van der Waals surface area (Å²) in [6.07, 6.45) is 8.10. The van der Waals surface area contributed by atoms with Gasteiger partial charge in [0.15, 0.2) is 0 Å². The van der Waals surface area contributed by atoms with Gasteiger partial charge in [-0.15, -0.1) is 0 Å². The zero-order valence-electron chi connectivity index (χ0n) is 12.8. The third kappa shape index (κ3) is 2.44. The highest BCUT2D eigenvalue weighted by molar-refractivity contribution is 7.78. The summed E-state index contributed by atoms with van der Waals surface area (Å²) in [6.45, 7) is 0.813. The standard InChI is InChI=1S/C16H24N2O3S/c19-14(13-2-1-3-17-13)21-15(20)18(22)16-7-10-4-11(8-16)6-12(5-10)9-16/h10-13,17,22H,1-9H2. The van der Waals surface area contributed by atoms with Crippen LogP contribution < -0.4 is 5.32 Å². The van der Waals surface area contributed by atoms with Crippen molar-refractivity contribution in [2.75, 3.05) is 6.54 Å². The molecule has 0 radical (unpaired) electrons. The summed E-state index contributed by atoms with van der Waals surface area (Å²) < 4.78 is 6.56. The SMILES string of the molecule is O=C(OC(=O)N(S)C12CC3CC(CC(C3)C1)C2)C1CCCN1. The zero-order valence-corrected chi connectivity index (χ0v) is 13.7. The van der Waals surface area contributed by atoms with Crippen LogP contribution in [0.3, 0.4) is 0 Å². The first-order valence-electron chi connectivity index (χ1n) is 8.54. The lowest BCUT2D eigenvalue weighted by Gasteiger charge is -2.58. The molecule has 0 aromatic rings. The number of esters is 1. The molecule has 1 heterocycles. The molecule has 0 spiro atoms. The highest BCUT2D eigenvalue weighted by Crippen LogP contribution is 2.58. The Balaban J connectivity index is 1.43. The molecule has 5 nitrogen and oxygen atoms in total. The van der Waals surface area contributed by atoms with Crippen molar-refractivity contribution in [3.05, 3.63) is 0 Å². The van der Waals surface area contributed by atoms with E-state index in [-0.39, 0.29) is 11.6 Å². The first-order chi connectivity index (χ1) is 10.6. The molecular formula is C16H24N2O3S. The van der Waals surface area contributed by atoms with E-state index in [1.807, 2.05) is 0 Å². The van der Waals surface area contributed by atoms with Crippen molar-refractivity contribution in [2.24, 2.45) is 17.8 Å². The first kappa shape index (κ1) is 14.8. The lowest BCUT2D eigenvalue weighted by molar-refractivity contribution is -0.141. The molecule has 122 valence electrons. The molecule has 5 fully saturated rings. The fourth-order valence-corrected chi connectivity index (χ4v) is 5.89. The van der Waals surface area contributed by atoms with E-state index in [0.717, 1.165) is 56.4 Å². The molecule has 1 unspecified atom stereocenters. The molecule has 0 aromatic heterocycles. The minimum absolute atomic E-state index is 0.182. The molecule has 4 saturated carbocycles. The van der Waals surface area contributed by atoms with Gasteiger partial charge in [-0.3, -0.25) is 0 Å². The molecule has 1 amide bonds. The third-order valence-electron chi connectivity index (χ3n) is 6.16. The van der Waals surface area contributed by atoms with Crippen LogP contribution in [0.5, 0.6) is 0 Å². The van der Waals surface area contributed by atoms with Gasteiger partial charge >= 0.3 is 12.1 Å². The van der Waals surface area contributed by atoms with Gasteiger partial charge in [0.1, 0.15) is 6.04 Å². The smallest absolute Gasteiger partial charge is 0.374 e. The maximum atomic E-state index is 12.4. The number of thiol groups is 1. The summed E-state index contributed by atoms with van der Waals surface area (Å²) in [7, 11) is 0. The predicted molar refractivity (Wildman–Crippen MR) is 84.2 cm³/mol. The fourth-order valence-electron chi connectivity index (χ4n) is 5.60. The molecule has 5 rings (SSSR count). The fraction of sp³-hybridized carbons (Fsp3) is 0.875. The number of nitrogens with zero attached hydrogens (tertiary/aromatic N) is 1. The van der Waals surface area contributed by atoms with Gasteiger partial charge in [-0.25, -0.2) is 13.9 Å². The lowest BCUT2D eigenvalue weighted by Crippen LogP contribution is -2.59. The highest BCUT2D eigenvalue weighted by Gasteiger charge is 2.55. The maximum absolute atomic E-state index is 12.4. The van der Waals surface area contributed by atoms with Gasteiger partial charge in [0.2, 0.25) is 0 Å². The number of rotatable bonds is 2. The number of amides is 1. The molecule has 1 N–H and O–H groups in total. The average Bonchev–Trinajstić information content (AvgIpc) is 2.99. The summed E-state index contributed by atoms with van der Waals surface area (Å²) in [5.74, 6) is 1.72. The summed E-state index contributed by atoms with van der Waals surface area (Å²) in [5.41, 5.74) is -0.182. The Morgan fingerprint density at radius 3 is 2.18 bits per heavy atom. The van der Waals surface area contributed by atoms with E-state index in [4.69, 9.17) is 4.74 Å². The van der Waals surface area contributed by atoms with Crippen LogP contribution in [0.2, 0.25) is 0 Å². The van der Waals surface area contributed by atoms with Gasteiger partial charge in [-0.1, -0.05) is 12.8 Å². The van der Waals surface area contributed by atoms with Gasteiger partial charge in [0, 0.05) is 0 Å². The maximum Gasteiger partial charge on any atom is 0.427 e. The number of carbonyl (C=O) groups is 2. The Kier molecular flexibility index (Phi) is 3.64. The molecule has 4 aliphatic carbocycles. The summed E-state index contributed by atoms with van der Waals surface area (Å²) >= 11 is 4.47. The molecule has 4 bridgehead atoms. The minimum atomic E-state index is -0.580. The van der Waals surface area contributed by atoms with Gasteiger partial charge in [-0.2, -0.15) is 0 Å². The highest BCUT2D eigenvalue weighted by atomic mass is 32.1. The molecule has 0 aromatic carbocycles. The van der Waals surface area contributed by atoms with Crippen LogP contribution in [-0.4, -0.2) is 34.5 Å². The summed E-state index contributed by atoms with van der Waals surface area (Å²) in [4.78, 5) is 24.4. The van der Waals surface area contributed by atoms with Crippen LogP contribution in [0.25, 0.3) is 0 Å². The molecule has 1 atom stereocenters. The van der Waals surface area contributed by atoms with Crippen molar-refractivity contribution in [1.29, 1.82) is 0 Å². The normalized spacial score (nSPS) is 42.4. The Morgan fingerprint density at radius 2 is 1.68 bits per heavy atom. The summed E-state index contributed by atoms with van der Waals surface area (Å²) in [5, 5.41) is 3.07. The third-order valence-corrected chi connectivity index (χ3v) is 6.75. The number of nitrogens with one attached hydrogen (secondary N) is 1. The number of carbonyl (C=O) groups excluding carboxylic acids is 2. The topological polar surface area (TPSA) is 58.6 Å². The van der Waals surface area contributed by atoms with E-state index in [0.29, 0.717) is 0 Å². The van der Waals surface area contributed by atoms with E-state index in [1.54, 1.807) is 0 Å². The second-order valence-corrected chi connectivity index (χ2v) is 8.19. The van der Waals surface area contributed by atoms with Crippen molar-refractivity contribution in [3.63, 3.8) is 0 Å². The summed E-state index contributed by atoms with van der Waals surface area (Å²) in [6, 6.07) is -0.331. The number of ether oxygens (including phenoxy) is 1. The van der Waals surface area contributed by atoms with Crippen molar-refractivity contribution >= 4 is 24.9 Å². The Labute approximate surface area is 136 Å². The van der Waals surface area contributed by atoms with Crippen LogP contribution in [-0.2, 0) is 9.53 Å². The zero-order chi connectivity index (χ0) is 15.3. The van der Waals surface area contributed by atoms with E-state index >= 15 is 0 Å². The molecule has 6 heteroatoms. The average molecular weight is 324 g/mol. The van der Waals surface area contributed by atoms with Crippen LogP contribution in [0.15, 0.2) is 0 Å². The van der Waals surface area contributed by atoms with Crippen LogP contribution in [0, 0.1) is 17.8 Å². The largest absolute Gasteiger partial charge is 0.427 e. The monoisotopic (exact) mass is 324 g/mol. The van der Waals surface area contributed by atoms with E-state index in [9.17, 15) is 9.59 Å². The Morgan fingerprint density at radius 1 is 1.09 bits per heavy atom. The number of hydrogen-bond donors (Lipinski definition) is 2. The van der Waals surface area contributed by atoms with Crippen molar-refractivity contribution in [2.45, 2.75) is 62.9 Å². The lowest BCUT2D eigenvalue weighted by atomic mass is 9.53. The second kappa shape index (κ2) is 5.41. The van der Waals surface area contributed by atoms with Gasteiger partial charge in [0.25, 0.3) is 0 Å². The van der Waals surface area contributed by atoms with Gasteiger partial charge in [0.05, 0.1) is 5.54 Å². The van der Waals surface area contributed by atoms with E-state index in [2.05, 4.69) is 18.1 Å². The molecular weight excluding hydrogens is 300 g/mol. The number of hydrogen-bond acceptors (Lipinski definition) is 5. The van der Waals surface area contributed by atoms with Crippen molar-refractivity contribution in [1.82, 2.24) is 9.62 Å². The Bertz CT molecular complexity index is 454. The minimum Gasteiger partial charge on any atom is -0.374 e. The van der Waals surface area contributed by atoms with E-state index in [1.165, 1.54) is 23.6 Å². The first-order valence-corrected chi connectivity index (χ1v) is 8.94. The molecule has 1 aliphatic heterocycles.